The van der Waals surface area contributed by atoms with Crippen molar-refractivity contribution in [1.29, 1.82) is 0 Å². The fourth-order valence-electron chi connectivity index (χ4n) is 2.54. The normalized spacial score (nSPS) is 15.7. The molecule has 1 aromatic carbocycles. The van der Waals surface area contributed by atoms with Crippen molar-refractivity contribution >= 4 is 17.3 Å². The predicted molar refractivity (Wildman–Crippen MR) is 93.7 cm³/mol. The highest BCUT2D eigenvalue weighted by molar-refractivity contribution is 6.17. The number of benzene rings is 1. The van der Waals surface area contributed by atoms with Crippen molar-refractivity contribution in [1.82, 2.24) is 0 Å². The van der Waals surface area contributed by atoms with E-state index in [4.69, 9.17) is 14.3 Å². The lowest BCUT2D eigenvalue weighted by molar-refractivity contribution is -0.133. The molecule has 0 spiro atoms. The standard InChI is InChI=1S/C19H25NO4/c1-13-8-9-16(14(2)20-24-11-15-6-5-7-15)10-17(13)18(12-22-3)19(21)23-4/h8-10,12,15H,5-7,11H2,1-4H3/b18-12+,20-14?. The van der Waals surface area contributed by atoms with Crippen LogP contribution in [0, 0.1) is 12.8 Å². The minimum absolute atomic E-state index is 0.377. The highest BCUT2D eigenvalue weighted by atomic mass is 16.6. The Labute approximate surface area is 143 Å². The topological polar surface area (TPSA) is 57.1 Å². The Hall–Kier alpha value is -2.30. The van der Waals surface area contributed by atoms with Gasteiger partial charge in [-0.05, 0) is 55.4 Å². The molecule has 1 aliphatic rings. The Balaban J connectivity index is 2.21. The van der Waals surface area contributed by atoms with Gasteiger partial charge in [-0.1, -0.05) is 23.7 Å². The molecule has 2 rings (SSSR count). The third-order valence-electron chi connectivity index (χ3n) is 4.32. The van der Waals surface area contributed by atoms with Crippen LogP contribution in [0.25, 0.3) is 5.57 Å². The van der Waals surface area contributed by atoms with Crippen LogP contribution in [-0.4, -0.2) is 32.5 Å². The van der Waals surface area contributed by atoms with Crippen LogP contribution in [-0.2, 0) is 19.1 Å². The van der Waals surface area contributed by atoms with Gasteiger partial charge in [-0.25, -0.2) is 4.79 Å². The van der Waals surface area contributed by atoms with Crippen LogP contribution < -0.4 is 0 Å². The molecule has 0 heterocycles. The Morgan fingerprint density at radius 3 is 2.67 bits per heavy atom. The summed E-state index contributed by atoms with van der Waals surface area (Å²) in [6, 6.07) is 5.82. The molecule has 0 bridgehead atoms. The molecular weight excluding hydrogens is 306 g/mol. The first-order valence-electron chi connectivity index (χ1n) is 8.16. The number of hydrogen-bond donors (Lipinski definition) is 0. The molecule has 130 valence electrons. The van der Waals surface area contributed by atoms with Gasteiger partial charge in [-0.3, -0.25) is 0 Å². The maximum absolute atomic E-state index is 12.0. The highest BCUT2D eigenvalue weighted by Gasteiger charge is 2.18. The van der Waals surface area contributed by atoms with Crippen molar-refractivity contribution in [2.45, 2.75) is 33.1 Å². The number of carbonyl (C=O) groups excluding carboxylic acids is 1. The van der Waals surface area contributed by atoms with Crippen molar-refractivity contribution in [3.63, 3.8) is 0 Å². The first-order valence-corrected chi connectivity index (χ1v) is 8.16. The molecular formula is C19H25NO4. The summed E-state index contributed by atoms with van der Waals surface area (Å²) in [5.41, 5.74) is 3.76. The number of nitrogens with zero attached hydrogens (tertiary/aromatic N) is 1. The maximum atomic E-state index is 12.0. The van der Waals surface area contributed by atoms with Gasteiger partial charge in [0.2, 0.25) is 0 Å². The summed E-state index contributed by atoms with van der Waals surface area (Å²) in [4.78, 5) is 17.5. The lowest BCUT2D eigenvalue weighted by Crippen LogP contribution is -2.16. The zero-order chi connectivity index (χ0) is 17.5. The van der Waals surface area contributed by atoms with Gasteiger partial charge >= 0.3 is 5.97 Å². The van der Waals surface area contributed by atoms with Gasteiger partial charge in [0, 0.05) is 0 Å². The number of carbonyl (C=O) groups is 1. The number of esters is 1. The van der Waals surface area contributed by atoms with E-state index in [-0.39, 0.29) is 0 Å². The van der Waals surface area contributed by atoms with Crippen LogP contribution in [0.2, 0.25) is 0 Å². The number of methoxy groups -OCH3 is 2. The van der Waals surface area contributed by atoms with Crippen LogP contribution in [0.3, 0.4) is 0 Å². The van der Waals surface area contributed by atoms with Crippen molar-refractivity contribution in [3.05, 3.63) is 41.2 Å². The fourth-order valence-corrected chi connectivity index (χ4v) is 2.54. The third kappa shape index (κ3) is 4.37. The molecule has 1 fully saturated rings. The van der Waals surface area contributed by atoms with E-state index >= 15 is 0 Å². The zero-order valence-corrected chi connectivity index (χ0v) is 14.8. The number of aryl methyl sites for hydroxylation is 1. The molecule has 0 aliphatic heterocycles. The van der Waals surface area contributed by atoms with E-state index in [1.807, 2.05) is 32.0 Å². The number of hydrogen-bond acceptors (Lipinski definition) is 5. The Bertz CT molecular complexity index is 645. The number of ether oxygens (including phenoxy) is 2. The van der Waals surface area contributed by atoms with Gasteiger partial charge in [0.25, 0.3) is 0 Å². The van der Waals surface area contributed by atoms with Gasteiger partial charge < -0.3 is 14.3 Å². The van der Waals surface area contributed by atoms with Crippen molar-refractivity contribution in [2.24, 2.45) is 11.1 Å². The average molecular weight is 331 g/mol. The van der Waals surface area contributed by atoms with Gasteiger partial charge in [0.15, 0.2) is 0 Å². The van der Waals surface area contributed by atoms with E-state index in [1.165, 1.54) is 39.7 Å². The van der Waals surface area contributed by atoms with Crippen LogP contribution in [0.4, 0.5) is 0 Å². The SMILES string of the molecule is CO/C=C(/C(=O)OC)c1cc(C(C)=NOCC2CCC2)ccc1C. The van der Waals surface area contributed by atoms with E-state index in [1.54, 1.807) is 0 Å². The predicted octanol–water partition coefficient (Wildman–Crippen LogP) is 3.70. The number of rotatable bonds is 7. The highest BCUT2D eigenvalue weighted by Crippen LogP contribution is 2.26. The summed E-state index contributed by atoms with van der Waals surface area (Å²) in [6.07, 6.45) is 5.15. The quantitative estimate of drug-likeness (QED) is 0.251. The first-order chi connectivity index (χ1) is 11.6. The zero-order valence-electron chi connectivity index (χ0n) is 14.8. The lowest BCUT2D eigenvalue weighted by atomic mass is 9.86. The molecule has 24 heavy (non-hydrogen) atoms. The average Bonchev–Trinajstić information content (AvgIpc) is 2.54. The van der Waals surface area contributed by atoms with Gasteiger partial charge in [-0.15, -0.1) is 0 Å². The first kappa shape index (κ1) is 18.0. The molecule has 1 saturated carbocycles. The second-order valence-electron chi connectivity index (χ2n) is 6.06. The molecule has 0 unspecified atom stereocenters. The molecule has 0 N–H and O–H groups in total. The molecule has 1 aromatic rings. The molecule has 1 aliphatic carbocycles. The van der Waals surface area contributed by atoms with Crippen LogP contribution in [0.5, 0.6) is 0 Å². The van der Waals surface area contributed by atoms with Gasteiger partial charge in [0.05, 0.1) is 26.2 Å². The largest absolute Gasteiger partial charge is 0.503 e. The molecule has 0 aromatic heterocycles. The van der Waals surface area contributed by atoms with E-state index in [9.17, 15) is 4.79 Å². The molecule has 5 nitrogen and oxygen atoms in total. The Kier molecular flexibility index (Phi) is 6.41. The van der Waals surface area contributed by atoms with Crippen molar-refractivity contribution < 1.29 is 19.1 Å². The summed E-state index contributed by atoms with van der Waals surface area (Å²) in [5, 5.41) is 4.21. The van der Waals surface area contributed by atoms with E-state index in [0.717, 1.165) is 22.4 Å². The van der Waals surface area contributed by atoms with Crippen molar-refractivity contribution in [3.8, 4) is 0 Å². The summed E-state index contributed by atoms with van der Waals surface area (Å²) >= 11 is 0. The van der Waals surface area contributed by atoms with E-state index in [0.29, 0.717) is 18.1 Å². The molecule has 5 heteroatoms. The summed E-state index contributed by atoms with van der Waals surface area (Å²) in [7, 11) is 2.86. The third-order valence-corrected chi connectivity index (χ3v) is 4.32. The maximum Gasteiger partial charge on any atom is 0.341 e. The van der Waals surface area contributed by atoms with Crippen LogP contribution in [0.15, 0.2) is 29.6 Å². The van der Waals surface area contributed by atoms with E-state index in [2.05, 4.69) is 5.16 Å². The van der Waals surface area contributed by atoms with Crippen LogP contribution in [0.1, 0.15) is 42.9 Å². The minimum Gasteiger partial charge on any atom is -0.503 e. The van der Waals surface area contributed by atoms with Crippen LogP contribution >= 0.6 is 0 Å². The minimum atomic E-state index is -0.437. The summed E-state index contributed by atoms with van der Waals surface area (Å²) in [5.74, 6) is 0.207. The fraction of sp³-hybridized carbons (Fsp3) is 0.474. The summed E-state index contributed by atoms with van der Waals surface area (Å²) < 4.78 is 9.87. The Morgan fingerprint density at radius 2 is 2.08 bits per heavy atom. The molecule has 0 saturated heterocycles. The summed E-state index contributed by atoms with van der Waals surface area (Å²) in [6.45, 7) is 4.51. The smallest absolute Gasteiger partial charge is 0.341 e. The molecule has 0 amide bonds. The monoisotopic (exact) mass is 331 g/mol. The van der Waals surface area contributed by atoms with Gasteiger partial charge in [-0.2, -0.15) is 0 Å². The molecule has 0 atom stereocenters. The Morgan fingerprint density at radius 1 is 1.33 bits per heavy atom. The van der Waals surface area contributed by atoms with E-state index < -0.39 is 5.97 Å². The van der Waals surface area contributed by atoms with Gasteiger partial charge in [0.1, 0.15) is 12.2 Å². The van der Waals surface area contributed by atoms with Crippen molar-refractivity contribution in [2.75, 3.05) is 20.8 Å². The number of oxime groups is 1. The molecule has 0 radical (unpaired) electrons. The second kappa shape index (κ2) is 8.52. The second-order valence-corrected chi connectivity index (χ2v) is 6.06. The lowest BCUT2D eigenvalue weighted by Gasteiger charge is -2.23.